The van der Waals surface area contributed by atoms with Crippen LogP contribution in [0.25, 0.3) is 0 Å². The minimum Gasteiger partial charge on any atom is -0.478 e. The lowest BCUT2D eigenvalue weighted by Crippen LogP contribution is -2.05. The van der Waals surface area contributed by atoms with Crippen LogP contribution in [0.15, 0.2) is 36.5 Å². The highest BCUT2D eigenvalue weighted by Gasteiger charge is 2.10. The number of aryl methyl sites for hydroxylation is 1. The Balaban J connectivity index is 2.32. The first-order chi connectivity index (χ1) is 8.58. The Bertz CT molecular complexity index is 579. The van der Waals surface area contributed by atoms with Crippen molar-refractivity contribution in [3.8, 4) is 0 Å². The smallest absolute Gasteiger partial charge is 0.337 e. The fraction of sp³-hybridized carbons (Fsp3) is 0.0769. The summed E-state index contributed by atoms with van der Waals surface area (Å²) in [6, 6.07) is 8.55. The first-order valence-electron chi connectivity index (χ1n) is 5.39. The standard InChI is InChI=1S/C13H13N3O2/c1-8-5-6-9(7-15-8)16-11-4-2-3-10(12(11)14)13(17)18/h2-7,16H,14H2,1H3,(H,17,18). The highest BCUT2D eigenvalue weighted by atomic mass is 16.4. The van der Waals surface area contributed by atoms with Crippen LogP contribution in [0.3, 0.4) is 0 Å². The minimum atomic E-state index is -1.04. The van der Waals surface area contributed by atoms with Crippen molar-refractivity contribution in [2.75, 3.05) is 11.1 Å². The lowest BCUT2D eigenvalue weighted by Gasteiger charge is -2.10. The summed E-state index contributed by atoms with van der Waals surface area (Å²) in [6.07, 6.45) is 1.67. The van der Waals surface area contributed by atoms with Gasteiger partial charge in [0.1, 0.15) is 0 Å². The second-order valence-corrected chi connectivity index (χ2v) is 3.89. The molecule has 0 saturated heterocycles. The Morgan fingerprint density at radius 1 is 1.33 bits per heavy atom. The number of nitrogens with zero attached hydrogens (tertiary/aromatic N) is 1. The number of para-hydroxylation sites is 1. The second-order valence-electron chi connectivity index (χ2n) is 3.89. The minimum absolute atomic E-state index is 0.0834. The molecule has 0 aliphatic rings. The van der Waals surface area contributed by atoms with Crippen LogP contribution in [0.1, 0.15) is 16.1 Å². The Morgan fingerprint density at radius 2 is 2.11 bits per heavy atom. The topological polar surface area (TPSA) is 88.2 Å². The number of nitrogens with two attached hydrogens (primary N) is 1. The monoisotopic (exact) mass is 243 g/mol. The van der Waals surface area contributed by atoms with Gasteiger partial charge in [-0.2, -0.15) is 0 Å². The van der Waals surface area contributed by atoms with E-state index in [0.29, 0.717) is 5.69 Å². The van der Waals surface area contributed by atoms with Crippen molar-refractivity contribution in [2.45, 2.75) is 6.92 Å². The number of benzene rings is 1. The highest BCUT2D eigenvalue weighted by molar-refractivity contribution is 5.97. The predicted molar refractivity (Wildman–Crippen MR) is 70.1 cm³/mol. The van der Waals surface area contributed by atoms with Crippen molar-refractivity contribution in [1.82, 2.24) is 4.98 Å². The summed E-state index contributed by atoms with van der Waals surface area (Å²) in [5.41, 5.74) is 8.32. The van der Waals surface area contributed by atoms with E-state index in [1.807, 2.05) is 19.1 Å². The number of nitrogen functional groups attached to an aromatic ring is 1. The van der Waals surface area contributed by atoms with E-state index in [-0.39, 0.29) is 11.3 Å². The van der Waals surface area contributed by atoms with Crippen LogP contribution >= 0.6 is 0 Å². The van der Waals surface area contributed by atoms with E-state index in [1.165, 1.54) is 6.07 Å². The van der Waals surface area contributed by atoms with Crippen LogP contribution in [-0.2, 0) is 0 Å². The van der Waals surface area contributed by atoms with Gasteiger partial charge in [-0.3, -0.25) is 4.98 Å². The van der Waals surface area contributed by atoms with Gasteiger partial charge in [0, 0.05) is 5.69 Å². The molecule has 1 aromatic carbocycles. The zero-order valence-corrected chi connectivity index (χ0v) is 9.84. The number of carbonyl (C=O) groups is 1. The van der Waals surface area contributed by atoms with Gasteiger partial charge in [-0.05, 0) is 31.2 Å². The summed E-state index contributed by atoms with van der Waals surface area (Å²) in [7, 11) is 0. The van der Waals surface area contributed by atoms with Crippen LogP contribution in [0, 0.1) is 6.92 Å². The molecule has 0 bridgehead atoms. The number of aromatic nitrogens is 1. The number of aromatic carboxylic acids is 1. The molecule has 1 aromatic heterocycles. The molecule has 4 N–H and O–H groups in total. The molecule has 0 aliphatic carbocycles. The molecular formula is C13H13N3O2. The maximum Gasteiger partial charge on any atom is 0.337 e. The quantitative estimate of drug-likeness (QED) is 0.720. The van der Waals surface area contributed by atoms with Gasteiger partial charge in [0.25, 0.3) is 0 Å². The van der Waals surface area contributed by atoms with Crippen LogP contribution in [0.2, 0.25) is 0 Å². The lowest BCUT2D eigenvalue weighted by molar-refractivity contribution is 0.0698. The van der Waals surface area contributed by atoms with Crippen molar-refractivity contribution < 1.29 is 9.90 Å². The average Bonchev–Trinajstić information content (AvgIpc) is 2.34. The van der Waals surface area contributed by atoms with Gasteiger partial charge >= 0.3 is 5.97 Å². The Hall–Kier alpha value is -2.56. The molecule has 0 amide bonds. The van der Waals surface area contributed by atoms with E-state index in [9.17, 15) is 4.79 Å². The molecule has 18 heavy (non-hydrogen) atoms. The summed E-state index contributed by atoms with van der Waals surface area (Å²) in [5.74, 6) is -1.04. The Morgan fingerprint density at radius 3 is 2.72 bits per heavy atom. The van der Waals surface area contributed by atoms with E-state index >= 15 is 0 Å². The molecule has 0 aliphatic heterocycles. The van der Waals surface area contributed by atoms with Crippen LogP contribution < -0.4 is 11.1 Å². The van der Waals surface area contributed by atoms with Crippen LogP contribution in [-0.4, -0.2) is 16.1 Å². The van der Waals surface area contributed by atoms with E-state index in [4.69, 9.17) is 10.8 Å². The predicted octanol–water partition coefficient (Wildman–Crippen LogP) is 2.41. The van der Waals surface area contributed by atoms with Crippen molar-refractivity contribution >= 4 is 23.0 Å². The summed E-state index contributed by atoms with van der Waals surface area (Å²) in [4.78, 5) is 15.1. The molecule has 0 unspecified atom stereocenters. The molecule has 5 heteroatoms. The number of rotatable bonds is 3. The van der Waals surface area contributed by atoms with Gasteiger partial charge in [-0.1, -0.05) is 6.07 Å². The molecule has 0 atom stereocenters. The van der Waals surface area contributed by atoms with Crippen LogP contribution in [0.5, 0.6) is 0 Å². The number of carboxylic acids is 1. The fourth-order valence-electron chi connectivity index (χ4n) is 1.56. The number of nitrogens with one attached hydrogen (secondary N) is 1. The molecule has 0 spiro atoms. The van der Waals surface area contributed by atoms with Gasteiger partial charge in [-0.15, -0.1) is 0 Å². The molecule has 0 fully saturated rings. The zero-order chi connectivity index (χ0) is 13.1. The summed E-state index contributed by atoms with van der Waals surface area (Å²) >= 11 is 0. The third-order valence-electron chi connectivity index (χ3n) is 2.53. The van der Waals surface area contributed by atoms with E-state index in [0.717, 1.165) is 11.4 Å². The van der Waals surface area contributed by atoms with Gasteiger partial charge in [-0.25, -0.2) is 4.79 Å². The van der Waals surface area contributed by atoms with E-state index in [1.54, 1.807) is 18.3 Å². The van der Waals surface area contributed by atoms with Crippen molar-refractivity contribution in [3.63, 3.8) is 0 Å². The average molecular weight is 243 g/mol. The van der Waals surface area contributed by atoms with Gasteiger partial charge in [0.2, 0.25) is 0 Å². The van der Waals surface area contributed by atoms with Crippen molar-refractivity contribution in [1.29, 1.82) is 0 Å². The molecule has 2 aromatic rings. The van der Waals surface area contributed by atoms with Crippen LogP contribution in [0.4, 0.5) is 17.1 Å². The maximum atomic E-state index is 11.0. The normalized spacial score (nSPS) is 10.1. The second kappa shape index (κ2) is 4.75. The molecular weight excluding hydrogens is 230 g/mol. The summed E-state index contributed by atoms with van der Waals surface area (Å²) in [5, 5.41) is 12.0. The van der Waals surface area contributed by atoms with Gasteiger partial charge in [0.05, 0.1) is 28.8 Å². The third-order valence-corrected chi connectivity index (χ3v) is 2.53. The first-order valence-corrected chi connectivity index (χ1v) is 5.39. The molecule has 0 saturated carbocycles. The summed E-state index contributed by atoms with van der Waals surface area (Å²) < 4.78 is 0. The lowest BCUT2D eigenvalue weighted by atomic mass is 10.1. The molecule has 5 nitrogen and oxygen atoms in total. The number of hydrogen-bond donors (Lipinski definition) is 3. The maximum absolute atomic E-state index is 11.0. The number of pyridine rings is 1. The fourth-order valence-corrected chi connectivity index (χ4v) is 1.56. The van der Waals surface area contributed by atoms with E-state index < -0.39 is 5.97 Å². The molecule has 0 radical (unpaired) electrons. The van der Waals surface area contributed by atoms with Crippen molar-refractivity contribution in [3.05, 3.63) is 47.8 Å². The number of anilines is 3. The Kier molecular flexibility index (Phi) is 3.14. The highest BCUT2D eigenvalue weighted by Crippen LogP contribution is 2.25. The Labute approximate surface area is 104 Å². The molecule has 92 valence electrons. The van der Waals surface area contributed by atoms with Gasteiger partial charge < -0.3 is 16.2 Å². The summed E-state index contributed by atoms with van der Waals surface area (Å²) in [6.45, 7) is 1.89. The zero-order valence-electron chi connectivity index (χ0n) is 9.84. The van der Waals surface area contributed by atoms with Crippen molar-refractivity contribution in [2.24, 2.45) is 0 Å². The molecule has 1 heterocycles. The van der Waals surface area contributed by atoms with E-state index in [2.05, 4.69) is 10.3 Å². The third kappa shape index (κ3) is 2.40. The number of carboxylic acid groups (broad SMARTS) is 1. The number of hydrogen-bond acceptors (Lipinski definition) is 4. The molecule has 2 rings (SSSR count). The SMILES string of the molecule is Cc1ccc(Nc2cccc(C(=O)O)c2N)cn1. The largest absolute Gasteiger partial charge is 0.478 e. The van der Waals surface area contributed by atoms with Gasteiger partial charge in [0.15, 0.2) is 0 Å². The first kappa shape index (κ1) is 11.9.